The molecule has 1 saturated heterocycles. The van der Waals surface area contributed by atoms with Gasteiger partial charge in [-0.05, 0) is 31.5 Å². The fourth-order valence-electron chi connectivity index (χ4n) is 3.29. The number of hydrogen-bond acceptors (Lipinski definition) is 5. The van der Waals surface area contributed by atoms with Gasteiger partial charge < -0.3 is 15.0 Å². The summed E-state index contributed by atoms with van der Waals surface area (Å²) in [4.78, 5) is 14.9. The smallest absolute Gasteiger partial charge is 0.194 e. The molecule has 9 heteroatoms. The van der Waals surface area contributed by atoms with Gasteiger partial charge in [-0.2, -0.15) is 0 Å². The monoisotopic (exact) mass is 533 g/mol. The van der Waals surface area contributed by atoms with Gasteiger partial charge in [0.2, 0.25) is 0 Å². The number of hydrogen-bond donors (Lipinski definition) is 1. The molecule has 0 saturated carbocycles. The predicted molar refractivity (Wildman–Crippen MR) is 127 cm³/mol. The summed E-state index contributed by atoms with van der Waals surface area (Å²) in [6.45, 7) is 9.14. The van der Waals surface area contributed by atoms with Gasteiger partial charge in [0.25, 0.3) is 0 Å². The first-order chi connectivity index (χ1) is 13.5. The summed E-state index contributed by atoms with van der Waals surface area (Å²) in [7, 11) is 3.29. The molecule has 0 atom stereocenters. The lowest BCUT2D eigenvalue weighted by molar-refractivity contribution is 0.172. The minimum atomic E-state index is -0.309. The molecule has 0 unspecified atom stereocenters. The lowest BCUT2D eigenvalue weighted by Crippen LogP contribution is -2.52. The van der Waals surface area contributed by atoms with Crippen LogP contribution in [-0.4, -0.2) is 61.1 Å². The highest BCUT2D eigenvalue weighted by molar-refractivity contribution is 14.0. The largest absolute Gasteiger partial charge is 0.494 e. The lowest BCUT2D eigenvalue weighted by atomic mass is 10.2. The van der Waals surface area contributed by atoms with E-state index in [1.165, 1.54) is 12.0 Å². The van der Waals surface area contributed by atoms with Crippen LogP contribution in [0.4, 0.5) is 4.39 Å². The van der Waals surface area contributed by atoms with Crippen LogP contribution >= 0.6 is 35.3 Å². The number of aliphatic imine (C=N–C) groups is 1. The number of thiazole rings is 1. The van der Waals surface area contributed by atoms with Crippen LogP contribution in [0.25, 0.3) is 0 Å². The topological polar surface area (TPSA) is 53.0 Å². The van der Waals surface area contributed by atoms with Gasteiger partial charge in [-0.1, -0.05) is 6.07 Å². The first kappa shape index (κ1) is 23.8. The molecule has 1 fully saturated rings. The normalized spacial score (nSPS) is 15.2. The van der Waals surface area contributed by atoms with Gasteiger partial charge in [-0.25, -0.2) is 9.37 Å². The first-order valence-corrected chi connectivity index (χ1v) is 10.2. The van der Waals surface area contributed by atoms with Crippen molar-refractivity contribution in [1.29, 1.82) is 0 Å². The molecule has 2 heterocycles. The van der Waals surface area contributed by atoms with Crippen LogP contribution in [0.1, 0.15) is 21.1 Å². The number of ether oxygens (including phenoxy) is 1. The van der Waals surface area contributed by atoms with Gasteiger partial charge in [0, 0.05) is 44.6 Å². The second-order valence-corrected chi connectivity index (χ2v) is 8.17. The SMILES string of the molecule is CN=C(NCc1nc(C)c(C)s1)N1CCN(Cc2ccc(OC)c(F)c2)CC1.I. The number of aryl methyl sites for hydroxylation is 2. The van der Waals surface area contributed by atoms with Gasteiger partial charge in [-0.3, -0.25) is 9.89 Å². The number of aromatic nitrogens is 1. The molecule has 29 heavy (non-hydrogen) atoms. The van der Waals surface area contributed by atoms with Crippen LogP contribution in [-0.2, 0) is 13.1 Å². The number of rotatable bonds is 5. The van der Waals surface area contributed by atoms with Crippen molar-refractivity contribution in [2.45, 2.75) is 26.9 Å². The maximum atomic E-state index is 13.9. The summed E-state index contributed by atoms with van der Waals surface area (Å²) >= 11 is 1.72. The zero-order valence-corrected chi connectivity index (χ0v) is 20.5. The Morgan fingerprint density at radius 2 is 2.00 bits per heavy atom. The summed E-state index contributed by atoms with van der Waals surface area (Å²) in [6, 6.07) is 5.17. The Hall–Kier alpha value is -1.46. The maximum absolute atomic E-state index is 13.9. The van der Waals surface area contributed by atoms with Crippen LogP contribution < -0.4 is 10.1 Å². The summed E-state index contributed by atoms with van der Waals surface area (Å²) in [5.74, 6) is 0.880. The van der Waals surface area contributed by atoms with Gasteiger partial charge in [0.15, 0.2) is 17.5 Å². The highest BCUT2D eigenvalue weighted by Gasteiger charge is 2.20. The molecule has 2 aromatic rings. The second-order valence-electron chi connectivity index (χ2n) is 6.88. The molecule has 1 aliphatic rings. The third-order valence-electron chi connectivity index (χ3n) is 4.98. The molecule has 6 nitrogen and oxygen atoms in total. The molecule has 0 spiro atoms. The van der Waals surface area contributed by atoms with E-state index in [4.69, 9.17) is 4.74 Å². The van der Waals surface area contributed by atoms with Crippen molar-refractivity contribution < 1.29 is 9.13 Å². The summed E-state index contributed by atoms with van der Waals surface area (Å²) in [5.41, 5.74) is 2.06. The second kappa shape index (κ2) is 11.1. The minimum absolute atomic E-state index is 0. The third kappa shape index (κ3) is 6.26. The van der Waals surface area contributed by atoms with Gasteiger partial charge >= 0.3 is 0 Å². The molecule has 1 aromatic carbocycles. The van der Waals surface area contributed by atoms with Gasteiger partial charge in [-0.15, -0.1) is 35.3 Å². The molecule has 160 valence electrons. The number of benzene rings is 1. The van der Waals surface area contributed by atoms with E-state index in [2.05, 4.69) is 32.0 Å². The summed E-state index contributed by atoms with van der Waals surface area (Å²) in [5, 5.41) is 4.50. The van der Waals surface area contributed by atoms with Crippen molar-refractivity contribution in [3.8, 4) is 5.75 Å². The predicted octanol–water partition coefficient (Wildman–Crippen LogP) is 3.42. The zero-order chi connectivity index (χ0) is 20.1. The molecule has 3 rings (SSSR count). The molecular weight excluding hydrogens is 504 g/mol. The van der Waals surface area contributed by atoms with E-state index in [0.717, 1.165) is 54.9 Å². The maximum Gasteiger partial charge on any atom is 0.194 e. The molecule has 0 radical (unpaired) electrons. The van der Waals surface area contributed by atoms with E-state index in [1.54, 1.807) is 23.5 Å². The molecule has 1 N–H and O–H groups in total. The van der Waals surface area contributed by atoms with Crippen LogP contribution in [0.5, 0.6) is 5.75 Å². The average molecular weight is 533 g/mol. The number of methoxy groups -OCH3 is 1. The van der Waals surface area contributed by atoms with Crippen molar-refractivity contribution in [2.24, 2.45) is 4.99 Å². The van der Waals surface area contributed by atoms with Crippen molar-refractivity contribution >= 4 is 41.3 Å². The van der Waals surface area contributed by atoms with Crippen LogP contribution in [0.2, 0.25) is 0 Å². The fourth-order valence-corrected chi connectivity index (χ4v) is 4.16. The number of piperazine rings is 1. The number of nitrogens with one attached hydrogen (secondary N) is 1. The minimum Gasteiger partial charge on any atom is -0.494 e. The van der Waals surface area contributed by atoms with Crippen LogP contribution in [0.15, 0.2) is 23.2 Å². The van der Waals surface area contributed by atoms with Crippen LogP contribution in [0.3, 0.4) is 0 Å². The highest BCUT2D eigenvalue weighted by atomic mass is 127. The van der Waals surface area contributed by atoms with E-state index in [0.29, 0.717) is 6.54 Å². The number of guanidine groups is 1. The molecule has 0 aliphatic carbocycles. The number of halogens is 2. The van der Waals surface area contributed by atoms with Crippen molar-refractivity contribution in [1.82, 2.24) is 20.1 Å². The zero-order valence-electron chi connectivity index (χ0n) is 17.4. The summed E-state index contributed by atoms with van der Waals surface area (Å²) in [6.07, 6.45) is 0. The molecule has 1 aliphatic heterocycles. The van der Waals surface area contributed by atoms with Gasteiger partial charge in [0.1, 0.15) is 5.01 Å². The van der Waals surface area contributed by atoms with Crippen molar-refractivity contribution in [3.63, 3.8) is 0 Å². The molecule has 0 amide bonds. The molecule has 0 bridgehead atoms. The average Bonchev–Trinajstić information content (AvgIpc) is 3.01. The Bertz CT molecular complexity index is 817. The van der Waals surface area contributed by atoms with E-state index >= 15 is 0 Å². The van der Waals surface area contributed by atoms with Crippen molar-refractivity contribution in [3.05, 3.63) is 45.2 Å². The first-order valence-electron chi connectivity index (χ1n) is 9.43. The van der Waals surface area contributed by atoms with E-state index in [9.17, 15) is 4.39 Å². The Morgan fingerprint density at radius 3 is 2.55 bits per heavy atom. The quantitative estimate of drug-likeness (QED) is 0.363. The summed E-state index contributed by atoms with van der Waals surface area (Å²) < 4.78 is 18.9. The van der Waals surface area contributed by atoms with E-state index in [-0.39, 0.29) is 35.5 Å². The van der Waals surface area contributed by atoms with Crippen molar-refractivity contribution in [2.75, 3.05) is 40.3 Å². The number of nitrogens with zero attached hydrogens (tertiary/aromatic N) is 4. The Kier molecular flexibility index (Phi) is 9.09. The lowest BCUT2D eigenvalue weighted by Gasteiger charge is -2.36. The Balaban J connectivity index is 0.00000300. The van der Waals surface area contributed by atoms with E-state index in [1.807, 2.05) is 20.0 Å². The molecular formula is C20H29FIN5OS. The standard InChI is InChI=1S/C20H28FN5OS.HI/c1-14-15(2)28-19(24-14)12-23-20(22-3)26-9-7-25(8-10-26)13-16-5-6-18(27-4)17(21)11-16;/h5-6,11H,7-10,12-13H2,1-4H3,(H,22,23);1H. The van der Waals surface area contributed by atoms with Crippen LogP contribution in [0, 0.1) is 19.7 Å². The van der Waals surface area contributed by atoms with Gasteiger partial charge in [0.05, 0.1) is 19.3 Å². The third-order valence-corrected chi connectivity index (χ3v) is 6.05. The van der Waals surface area contributed by atoms with E-state index < -0.39 is 0 Å². The Morgan fingerprint density at radius 1 is 1.28 bits per heavy atom. The fraction of sp³-hybridized carbons (Fsp3) is 0.500. The highest BCUT2D eigenvalue weighted by Crippen LogP contribution is 2.19. The molecule has 1 aromatic heterocycles. The Labute approximate surface area is 193 Å².